The molecular weight excluding hydrogens is 386 g/mol. The van der Waals surface area contributed by atoms with E-state index in [2.05, 4.69) is 10.9 Å². The molecule has 1 atom stereocenters. The number of benzene rings is 2. The van der Waals surface area contributed by atoms with Gasteiger partial charge in [-0.3, -0.25) is 25.2 Å². The summed E-state index contributed by atoms with van der Waals surface area (Å²) in [6.07, 6.45) is 2.06. The fraction of sp³-hybridized carbons (Fsp3) is 0.318. The molecule has 0 spiro atoms. The Labute approximate surface area is 175 Å². The van der Waals surface area contributed by atoms with Crippen LogP contribution in [-0.2, 0) is 9.59 Å². The molecule has 2 aromatic rings. The van der Waals surface area contributed by atoms with Gasteiger partial charge in [0, 0.05) is 18.5 Å². The lowest BCUT2D eigenvalue weighted by molar-refractivity contribution is -0.143. The first-order valence-electron chi connectivity index (χ1n) is 9.71. The summed E-state index contributed by atoms with van der Waals surface area (Å²) in [6, 6.07) is 12.9. The Morgan fingerprint density at radius 2 is 1.70 bits per heavy atom. The lowest BCUT2D eigenvalue weighted by Gasteiger charge is -2.34. The quantitative estimate of drug-likeness (QED) is 0.711. The molecule has 158 valence electrons. The summed E-state index contributed by atoms with van der Waals surface area (Å²) >= 11 is 0. The molecule has 1 aliphatic rings. The molecule has 3 amide bonds. The van der Waals surface area contributed by atoms with Crippen LogP contribution in [0.15, 0.2) is 48.5 Å². The first kappa shape index (κ1) is 21.2. The zero-order valence-electron chi connectivity index (χ0n) is 17.0. The monoisotopic (exact) mass is 411 g/mol. The van der Waals surface area contributed by atoms with Crippen molar-refractivity contribution in [2.75, 3.05) is 20.8 Å². The summed E-state index contributed by atoms with van der Waals surface area (Å²) in [7, 11) is 2.98. The fourth-order valence-electron chi connectivity index (χ4n) is 3.44. The van der Waals surface area contributed by atoms with Gasteiger partial charge < -0.3 is 14.4 Å². The van der Waals surface area contributed by atoms with Crippen molar-refractivity contribution in [3.63, 3.8) is 0 Å². The number of methoxy groups -OCH3 is 2. The van der Waals surface area contributed by atoms with Gasteiger partial charge in [-0.15, -0.1) is 0 Å². The number of carbonyl (C=O) groups is 3. The summed E-state index contributed by atoms with van der Waals surface area (Å²) < 4.78 is 10.4. The van der Waals surface area contributed by atoms with E-state index in [1.165, 1.54) is 20.3 Å². The van der Waals surface area contributed by atoms with Crippen molar-refractivity contribution in [2.45, 2.75) is 25.3 Å². The average molecular weight is 411 g/mol. The summed E-state index contributed by atoms with van der Waals surface area (Å²) in [4.78, 5) is 39.5. The van der Waals surface area contributed by atoms with Crippen molar-refractivity contribution < 1.29 is 23.9 Å². The van der Waals surface area contributed by atoms with Crippen molar-refractivity contribution in [3.8, 4) is 11.5 Å². The van der Waals surface area contributed by atoms with Crippen LogP contribution in [0.5, 0.6) is 11.5 Å². The van der Waals surface area contributed by atoms with Crippen molar-refractivity contribution >= 4 is 17.7 Å². The Morgan fingerprint density at radius 1 is 0.967 bits per heavy atom. The summed E-state index contributed by atoms with van der Waals surface area (Å²) in [5, 5.41) is 0. The van der Waals surface area contributed by atoms with Gasteiger partial charge in [0.15, 0.2) is 11.5 Å². The molecule has 2 N–H and O–H groups in total. The van der Waals surface area contributed by atoms with Gasteiger partial charge in [0.1, 0.15) is 6.04 Å². The molecule has 1 unspecified atom stereocenters. The lowest BCUT2D eigenvalue weighted by atomic mass is 10.0. The molecule has 8 nitrogen and oxygen atoms in total. The number of rotatable bonds is 6. The van der Waals surface area contributed by atoms with Crippen molar-refractivity contribution in [1.29, 1.82) is 0 Å². The second-order valence-corrected chi connectivity index (χ2v) is 6.87. The molecule has 8 heteroatoms. The number of nitrogens with zero attached hydrogens (tertiary/aromatic N) is 1. The van der Waals surface area contributed by atoms with E-state index in [1.54, 1.807) is 29.2 Å². The summed E-state index contributed by atoms with van der Waals surface area (Å²) in [6.45, 7) is 0.495. The average Bonchev–Trinajstić information content (AvgIpc) is 2.79. The third kappa shape index (κ3) is 4.71. The normalized spacial score (nSPS) is 14.6. The number of carbonyl (C=O) groups excluding carboxylic acids is 3. The van der Waals surface area contributed by atoms with Crippen molar-refractivity contribution in [2.24, 2.45) is 0 Å². The van der Waals surface area contributed by atoms with Gasteiger partial charge in [-0.05, 0) is 36.6 Å². The first-order chi connectivity index (χ1) is 14.5. The number of likely N-dealkylation sites (tertiary alicyclic amines) is 1. The largest absolute Gasteiger partial charge is 0.493 e. The van der Waals surface area contributed by atoms with E-state index >= 15 is 0 Å². The van der Waals surface area contributed by atoms with Gasteiger partial charge in [-0.25, -0.2) is 0 Å². The van der Waals surface area contributed by atoms with Crippen molar-refractivity contribution in [3.05, 3.63) is 59.7 Å². The topological polar surface area (TPSA) is 97.0 Å². The lowest BCUT2D eigenvalue weighted by Crippen LogP contribution is -2.50. The number of hydrogen-bond acceptors (Lipinski definition) is 5. The molecule has 0 aromatic heterocycles. The smallest absolute Gasteiger partial charge is 0.269 e. The molecule has 1 heterocycles. The maximum atomic E-state index is 13.0. The highest BCUT2D eigenvalue weighted by Gasteiger charge is 2.32. The molecule has 1 fully saturated rings. The van der Waals surface area contributed by atoms with Crippen LogP contribution in [0, 0.1) is 0 Å². The van der Waals surface area contributed by atoms with Crippen LogP contribution in [0.25, 0.3) is 0 Å². The molecule has 0 radical (unpaired) electrons. The molecule has 3 rings (SSSR count). The minimum absolute atomic E-state index is 0.0727. The maximum Gasteiger partial charge on any atom is 0.269 e. The van der Waals surface area contributed by atoms with Crippen molar-refractivity contribution in [1.82, 2.24) is 15.8 Å². The zero-order chi connectivity index (χ0) is 21.5. The van der Waals surface area contributed by atoms with E-state index in [0.29, 0.717) is 35.6 Å². The van der Waals surface area contributed by atoms with Gasteiger partial charge in [-0.1, -0.05) is 30.3 Å². The van der Waals surface area contributed by atoms with Crippen LogP contribution in [0.2, 0.25) is 0 Å². The highest BCUT2D eigenvalue weighted by molar-refractivity contribution is 5.97. The molecule has 2 aromatic carbocycles. The van der Waals surface area contributed by atoms with Crippen LogP contribution >= 0.6 is 0 Å². The summed E-state index contributed by atoms with van der Waals surface area (Å²) in [5.74, 6) is -0.175. The van der Waals surface area contributed by atoms with Gasteiger partial charge in [0.05, 0.1) is 14.2 Å². The van der Waals surface area contributed by atoms with Gasteiger partial charge >= 0.3 is 0 Å². The second-order valence-electron chi connectivity index (χ2n) is 6.87. The van der Waals surface area contributed by atoms with Gasteiger partial charge in [0.2, 0.25) is 5.91 Å². The van der Waals surface area contributed by atoms with E-state index in [4.69, 9.17) is 9.47 Å². The Balaban J connectivity index is 1.74. The third-order valence-electron chi connectivity index (χ3n) is 4.98. The van der Waals surface area contributed by atoms with Crippen LogP contribution < -0.4 is 20.3 Å². The van der Waals surface area contributed by atoms with Crippen LogP contribution in [0.1, 0.15) is 41.2 Å². The molecular formula is C22H25N3O5. The number of nitrogens with one attached hydrogen (secondary N) is 2. The predicted molar refractivity (Wildman–Crippen MR) is 110 cm³/mol. The molecule has 1 aliphatic heterocycles. The highest BCUT2D eigenvalue weighted by Crippen LogP contribution is 2.28. The minimum atomic E-state index is -0.815. The number of hydrogen-bond donors (Lipinski definition) is 2. The van der Waals surface area contributed by atoms with Crippen LogP contribution in [0.4, 0.5) is 0 Å². The highest BCUT2D eigenvalue weighted by atomic mass is 16.5. The second kappa shape index (κ2) is 9.78. The first-order valence-corrected chi connectivity index (χ1v) is 9.71. The maximum absolute atomic E-state index is 13.0. The number of ether oxygens (including phenoxy) is 2. The Morgan fingerprint density at radius 3 is 2.37 bits per heavy atom. The SMILES string of the molecule is COc1ccc(C(=O)NNC(=O)C(c2ccccc2)N2CCCCC2=O)cc1OC. The Bertz CT molecular complexity index is 916. The Kier molecular flexibility index (Phi) is 6.90. The number of piperidine rings is 1. The fourth-order valence-corrected chi connectivity index (χ4v) is 3.44. The van der Waals surface area contributed by atoms with E-state index < -0.39 is 17.9 Å². The van der Waals surface area contributed by atoms with Crippen LogP contribution in [-0.4, -0.2) is 43.4 Å². The number of hydrazine groups is 1. The number of amides is 3. The van der Waals surface area contributed by atoms with Gasteiger partial charge in [-0.2, -0.15) is 0 Å². The standard InChI is InChI=1S/C22H25N3O5/c1-29-17-12-11-16(14-18(17)30-2)21(27)23-24-22(28)20(15-8-4-3-5-9-15)25-13-7-6-10-19(25)26/h3-5,8-9,11-12,14,20H,6-7,10,13H2,1-2H3,(H,23,27)(H,24,28). The van der Waals surface area contributed by atoms with Crippen LogP contribution in [0.3, 0.4) is 0 Å². The van der Waals surface area contributed by atoms with E-state index in [1.807, 2.05) is 18.2 Å². The third-order valence-corrected chi connectivity index (χ3v) is 4.98. The molecule has 0 bridgehead atoms. The molecule has 0 saturated carbocycles. The minimum Gasteiger partial charge on any atom is -0.493 e. The molecule has 30 heavy (non-hydrogen) atoms. The predicted octanol–water partition coefficient (Wildman–Crippen LogP) is 2.22. The van der Waals surface area contributed by atoms with Gasteiger partial charge in [0.25, 0.3) is 11.8 Å². The zero-order valence-corrected chi connectivity index (χ0v) is 17.0. The molecule has 1 saturated heterocycles. The van der Waals surface area contributed by atoms with E-state index in [0.717, 1.165) is 12.8 Å². The summed E-state index contributed by atoms with van der Waals surface area (Å²) in [5.41, 5.74) is 5.85. The van der Waals surface area contributed by atoms with E-state index in [-0.39, 0.29) is 5.91 Å². The van der Waals surface area contributed by atoms with E-state index in [9.17, 15) is 14.4 Å². The Hall–Kier alpha value is -3.55. The molecule has 0 aliphatic carbocycles.